The van der Waals surface area contributed by atoms with Crippen LogP contribution in [0.3, 0.4) is 0 Å². The van der Waals surface area contributed by atoms with E-state index in [1.165, 1.54) is 11.1 Å². The Labute approximate surface area is 121 Å². The van der Waals surface area contributed by atoms with E-state index >= 15 is 0 Å². The van der Waals surface area contributed by atoms with Gasteiger partial charge in [0.1, 0.15) is 11.5 Å². The minimum Gasteiger partial charge on any atom is -0.497 e. The van der Waals surface area contributed by atoms with E-state index in [1.54, 1.807) is 7.11 Å². The van der Waals surface area contributed by atoms with Crippen molar-refractivity contribution in [3.05, 3.63) is 59.7 Å². The van der Waals surface area contributed by atoms with Crippen LogP contribution in [0.4, 0.5) is 0 Å². The lowest BCUT2D eigenvalue weighted by Crippen LogP contribution is -1.99. The van der Waals surface area contributed by atoms with Crippen molar-refractivity contribution in [2.45, 2.75) is 26.2 Å². The van der Waals surface area contributed by atoms with Gasteiger partial charge in [0.05, 0.1) is 13.7 Å². The highest BCUT2D eigenvalue weighted by Gasteiger charge is 1.98. The molecule has 2 aromatic carbocycles. The van der Waals surface area contributed by atoms with Crippen molar-refractivity contribution in [2.75, 3.05) is 13.7 Å². The Bertz CT molecular complexity index is 517. The highest BCUT2D eigenvalue weighted by Crippen LogP contribution is 2.15. The maximum absolute atomic E-state index is 5.79. The predicted octanol–water partition coefficient (Wildman–Crippen LogP) is 4.27. The van der Waals surface area contributed by atoms with Gasteiger partial charge in [0.2, 0.25) is 0 Å². The second-order valence-electron chi connectivity index (χ2n) is 4.80. The average Bonchev–Trinajstić information content (AvgIpc) is 2.52. The number of ether oxygens (including phenoxy) is 2. The Morgan fingerprint density at radius 1 is 0.900 bits per heavy atom. The van der Waals surface area contributed by atoms with Crippen LogP contribution in [0, 0.1) is 0 Å². The molecule has 0 atom stereocenters. The van der Waals surface area contributed by atoms with Gasteiger partial charge in [-0.1, -0.05) is 31.2 Å². The predicted molar refractivity (Wildman–Crippen MR) is 82.6 cm³/mol. The molecule has 0 heterocycles. The normalized spacial score (nSPS) is 10.3. The van der Waals surface area contributed by atoms with E-state index in [4.69, 9.17) is 9.47 Å². The number of hydrogen-bond donors (Lipinski definition) is 0. The van der Waals surface area contributed by atoms with Gasteiger partial charge in [-0.2, -0.15) is 0 Å². The zero-order chi connectivity index (χ0) is 14.2. The van der Waals surface area contributed by atoms with Crippen molar-refractivity contribution in [3.8, 4) is 11.5 Å². The van der Waals surface area contributed by atoms with Crippen molar-refractivity contribution in [2.24, 2.45) is 0 Å². The molecule has 0 amide bonds. The van der Waals surface area contributed by atoms with Gasteiger partial charge in [-0.05, 0) is 54.7 Å². The molecule has 0 spiro atoms. The summed E-state index contributed by atoms with van der Waals surface area (Å²) in [6, 6.07) is 16.5. The summed E-state index contributed by atoms with van der Waals surface area (Å²) >= 11 is 0. The van der Waals surface area contributed by atoms with Crippen LogP contribution in [0.2, 0.25) is 0 Å². The van der Waals surface area contributed by atoms with Gasteiger partial charge in [-0.3, -0.25) is 0 Å². The fourth-order valence-electron chi connectivity index (χ4n) is 2.11. The van der Waals surface area contributed by atoms with Gasteiger partial charge in [0.25, 0.3) is 0 Å². The van der Waals surface area contributed by atoms with Gasteiger partial charge in [0.15, 0.2) is 0 Å². The lowest BCUT2D eigenvalue weighted by atomic mass is 10.1. The summed E-state index contributed by atoms with van der Waals surface area (Å²) in [6.45, 7) is 2.90. The molecule has 0 aliphatic carbocycles. The molecule has 20 heavy (non-hydrogen) atoms. The third kappa shape index (κ3) is 4.30. The Morgan fingerprint density at radius 2 is 1.70 bits per heavy atom. The number of methoxy groups -OCH3 is 1. The molecule has 0 radical (unpaired) electrons. The van der Waals surface area contributed by atoms with Crippen LogP contribution in [0.25, 0.3) is 0 Å². The van der Waals surface area contributed by atoms with Crippen LogP contribution in [0.1, 0.15) is 24.5 Å². The van der Waals surface area contributed by atoms with Gasteiger partial charge in [-0.25, -0.2) is 0 Å². The summed E-state index contributed by atoms with van der Waals surface area (Å²) < 4.78 is 10.9. The van der Waals surface area contributed by atoms with E-state index in [1.807, 2.05) is 18.2 Å². The van der Waals surface area contributed by atoms with Crippen LogP contribution < -0.4 is 9.47 Å². The largest absolute Gasteiger partial charge is 0.497 e. The number of benzene rings is 2. The van der Waals surface area contributed by atoms with Crippen molar-refractivity contribution < 1.29 is 9.47 Å². The molecule has 0 saturated carbocycles. The minimum absolute atomic E-state index is 0.749. The average molecular weight is 270 g/mol. The summed E-state index contributed by atoms with van der Waals surface area (Å²) in [6.07, 6.45) is 3.09. The molecule has 0 aromatic heterocycles. The molecule has 106 valence electrons. The number of aryl methyl sites for hydroxylation is 2. The molecule has 2 rings (SSSR count). The smallest absolute Gasteiger partial charge is 0.119 e. The van der Waals surface area contributed by atoms with Crippen molar-refractivity contribution >= 4 is 0 Å². The topological polar surface area (TPSA) is 18.5 Å². The first-order valence-corrected chi connectivity index (χ1v) is 7.16. The second kappa shape index (κ2) is 7.59. The van der Waals surface area contributed by atoms with Gasteiger partial charge in [0, 0.05) is 0 Å². The van der Waals surface area contributed by atoms with E-state index in [2.05, 4.69) is 37.3 Å². The van der Waals surface area contributed by atoms with Gasteiger partial charge < -0.3 is 9.47 Å². The van der Waals surface area contributed by atoms with Crippen molar-refractivity contribution in [1.29, 1.82) is 0 Å². The van der Waals surface area contributed by atoms with Crippen molar-refractivity contribution in [3.63, 3.8) is 0 Å². The van der Waals surface area contributed by atoms with Gasteiger partial charge >= 0.3 is 0 Å². The molecule has 0 saturated heterocycles. The fourth-order valence-corrected chi connectivity index (χ4v) is 2.11. The molecular formula is C18H22O2. The highest BCUT2D eigenvalue weighted by molar-refractivity contribution is 5.29. The monoisotopic (exact) mass is 270 g/mol. The van der Waals surface area contributed by atoms with E-state index in [0.29, 0.717) is 0 Å². The van der Waals surface area contributed by atoms with E-state index < -0.39 is 0 Å². The Kier molecular flexibility index (Phi) is 5.48. The van der Waals surface area contributed by atoms with E-state index in [9.17, 15) is 0 Å². The van der Waals surface area contributed by atoms with E-state index in [-0.39, 0.29) is 0 Å². The minimum atomic E-state index is 0.749. The molecule has 2 aromatic rings. The molecule has 0 aliphatic heterocycles. The molecule has 2 nitrogen and oxygen atoms in total. The molecule has 0 N–H and O–H groups in total. The van der Waals surface area contributed by atoms with Crippen LogP contribution in [-0.4, -0.2) is 13.7 Å². The SMILES string of the molecule is CCc1cccc(OCCCc2ccc(OC)cc2)c1. The van der Waals surface area contributed by atoms with Crippen LogP contribution in [0.5, 0.6) is 11.5 Å². The molecule has 0 aliphatic rings. The third-order valence-corrected chi connectivity index (χ3v) is 3.34. The Morgan fingerprint density at radius 3 is 2.40 bits per heavy atom. The third-order valence-electron chi connectivity index (χ3n) is 3.34. The van der Waals surface area contributed by atoms with E-state index in [0.717, 1.165) is 37.4 Å². The Balaban J connectivity index is 1.75. The molecule has 2 heteroatoms. The molecular weight excluding hydrogens is 248 g/mol. The molecule has 0 unspecified atom stereocenters. The first-order valence-electron chi connectivity index (χ1n) is 7.16. The Hall–Kier alpha value is -1.96. The lowest BCUT2D eigenvalue weighted by Gasteiger charge is -2.08. The summed E-state index contributed by atoms with van der Waals surface area (Å²) in [5.74, 6) is 1.88. The lowest BCUT2D eigenvalue weighted by molar-refractivity contribution is 0.310. The molecule has 0 fully saturated rings. The summed E-state index contributed by atoms with van der Waals surface area (Å²) in [5, 5.41) is 0. The van der Waals surface area contributed by atoms with Crippen LogP contribution in [0.15, 0.2) is 48.5 Å². The zero-order valence-corrected chi connectivity index (χ0v) is 12.3. The molecule has 0 bridgehead atoms. The van der Waals surface area contributed by atoms with Gasteiger partial charge in [-0.15, -0.1) is 0 Å². The summed E-state index contributed by atoms with van der Waals surface area (Å²) in [7, 11) is 1.69. The first-order chi connectivity index (χ1) is 9.81. The maximum Gasteiger partial charge on any atom is 0.119 e. The fraction of sp³-hybridized carbons (Fsp3) is 0.333. The van der Waals surface area contributed by atoms with Crippen LogP contribution in [-0.2, 0) is 12.8 Å². The summed E-state index contributed by atoms with van der Waals surface area (Å²) in [5.41, 5.74) is 2.63. The standard InChI is InChI=1S/C18H22O2/c1-3-15-6-4-8-18(14-15)20-13-5-7-16-9-11-17(19-2)12-10-16/h4,6,8-12,14H,3,5,7,13H2,1-2H3. The maximum atomic E-state index is 5.79. The number of hydrogen-bond acceptors (Lipinski definition) is 2. The quantitative estimate of drug-likeness (QED) is 0.699. The summed E-state index contributed by atoms with van der Waals surface area (Å²) in [4.78, 5) is 0. The second-order valence-corrected chi connectivity index (χ2v) is 4.80. The van der Waals surface area contributed by atoms with Crippen molar-refractivity contribution in [1.82, 2.24) is 0 Å². The highest BCUT2D eigenvalue weighted by atomic mass is 16.5. The first kappa shape index (κ1) is 14.4. The number of rotatable bonds is 7. The van der Waals surface area contributed by atoms with Crippen LogP contribution >= 0.6 is 0 Å². The zero-order valence-electron chi connectivity index (χ0n) is 12.3.